The van der Waals surface area contributed by atoms with Gasteiger partial charge in [-0.25, -0.2) is 4.98 Å². The average molecular weight is 283 g/mol. The van der Waals surface area contributed by atoms with Crippen molar-refractivity contribution >= 4 is 43.9 Å². The van der Waals surface area contributed by atoms with Gasteiger partial charge < -0.3 is 0 Å². The Hall–Kier alpha value is -3.21. The van der Waals surface area contributed by atoms with Gasteiger partial charge in [-0.2, -0.15) is 0 Å². The molecule has 5 nitrogen and oxygen atoms in total. The lowest BCUT2D eigenvalue weighted by Gasteiger charge is -2.04. The van der Waals surface area contributed by atoms with Crippen LogP contribution in [0, 0.1) is 0 Å². The first-order valence-corrected chi connectivity index (χ1v) is 6.93. The van der Waals surface area contributed by atoms with E-state index in [1.807, 2.05) is 24.3 Å². The zero-order chi connectivity index (χ0) is 14.5. The fourth-order valence-corrected chi connectivity index (χ4v) is 2.75. The molecule has 0 aliphatic carbocycles. The largest absolute Gasteiger partial charge is 0.253 e. The average Bonchev–Trinajstić information content (AvgIpc) is 2.56. The van der Waals surface area contributed by atoms with Crippen LogP contribution in [0.1, 0.15) is 0 Å². The van der Waals surface area contributed by atoms with Gasteiger partial charge in [0.25, 0.3) is 0 Å². The third-order valence-corrected chi connectivity index (χ3v) is 3.79. The van der Waals surface area contributed by atoms with Crippen LogP contribution in [0.4, 0.5) is 0 Å². The summed E-state index contributed by atoms with van der Waals surface area (Å²) in [6.07, 6.45) is 6.79. The van der Waals surface area contributed by atoms with Gasteiger partial charge in [0.15, 0.2) is 0 Å². The van der Waals surface area contributed by atoms with Crippen LogP contribution in [0.15, 0.2) is 55.1 Å². The first-order valence-electron chi connectivity index (χ1n) is 6.93. The van der Waals surface area contributed by atoms with Crippen LogP contribution in [0.25, 0.3) is 43.9 Å². The first kappa shape index (κ1) is 11.4. The molecule has 0 amide bonds. The van der Waals surface area contributed by atoms with Crippen molar-refractivity contribution in [3.63, 3.8) is 0 Å². The lowest BCUT2D eigenvalue weighted by Crippen LogP contribution is -1.88. The van der Waals surface area contributed by atoms with Gasteiger partial charge in [-0.15, -0.1) is 0 Å². The molecule has 0 N–H and O–H groups in total. The molecule has 3 aromatic heterocycles. The highest BCUT2D eigenvalue weighted by atomic mass is 14.8. The second kappa shape index (κ2) is 4.14. The molecule has 0 aliphatic heterocycles. The Bertz CT molecular complexity index is 999. The molecular weight excluding hydrogens is 274 g/mol. The Labute approximate surface area is 124 Å². The maximum atomic E-state index is 4.74. The third kappa shape index (κ3) is 1.62. The quantitative estimate of drug-likeness (QED) is 0.408. The van der Waals surface area contributed by atoms with E-state index in [4.69, 9.17) is 4.98 Å². The lowest BCUT2D eigenvalue weighted by molar-refractivity contribution is 1.29. The number of rotatable bonds is 0. The molecule has 0 fully saturated rings. The summed E-state index contributed by atoms with van der Waals surface area (Å²) in [6.45, 7) is 0. The van der Waals surface area contributed by atoms with E-state index in [2.05, 4.69) is 26.0 Å². The van der Waals surface area contributed by atoms with E-state index in [0.717, 1.165) is 43.9 Å². The van der Waals surface area contributed by atoms with Crippen molar-refractivity contribution in [3.05, 3.63) is 55.1 Å². The van der Waals surface area contributed by atoms with Crippen LogP contribution in [-0.2, 0) is 0 Å². The predicted molar refractivity (Wildman–Crippen MR) is 85.4 cm³/mol. The van der Waals surface area contributed by atoms with Crippen LogP contribution in [0.2, 0.25) is 0 Å². The van der Waals surface area contributed by atoms with Crippen molar-refractivity contribution in [2.45, 2.75) is 0 Å². The molecule has 22 heavy (non-hydrogen) atoms. The second-order valence-corrected chi connectivity index (χ2v) is 5.17. The number of nitrogens with zero attached hydrogens (tertiary/aromatic N) is 5. The number of fused-ring (bicyclic) bond motifs is 4. The SMILES string of the molecule is c1cnc2cc3nc4cc5nccnc5cc4cc3cc2n1. The zero-order valence-electron chi connectivity index (χ0n) is 11.4. The van der Waals surface area contributed by atoms with Crippen LogP contribution in [0.3, 0.4) is 0 Å². The van der Waals surface area contributed by atoms with E-state index in [-0.39, 0.29) is 0 Å². The highest BCUT2D eigenvalue weighted by Gasteiger charge is 2.05. The van der Waals surface area contributed by atoms with E-state index < -0.39 is 0 Å². The highest BCUT2D eigenvalue weighted by Crippen LogP contribution is 2.25. The Morgan fingerprint density at radius 3 is 1.27 bits per heavy atom. The molecule has 0 radical (unpaired) electrons. The van der Waals surface area contributed by atoms with Crippen LogP contribution in [0.5, 0.6) is 0 Å². The fourth-order valence-electron chi connectivity index (χ4n) is 2.75. The number of pyridine rings is 1. The fraction of sp³-hybridized carbons (Fsp3) is 0. The first-order chi connectivity index (χ1) is 10.9. The maximum Gasteiger partial charge on any atom is 0.0908 e. The Morgan fingerprint density at radius 1 is 0.409 bits per heavy atom. The van der Waals surface area contributed by atoms with Gasteiger partial charge in [0.2, 0.25) is 0 Å². The maximum absolute atomic E-state index is 4.74. The van der Waals surface area contributed by atoms with Crippen molar-refractivity contribution < 1.29 is 0 Å². The summed E-state index contributed by atoms with van der Waals surface area (Å²) in [5, 5.41) is 2.09. The lowest BCUT2D eigenvalue weighted by atomic mass is 10.1. The van der Waals surface area contributed by atoms with E-state index in [9.17, 15) is 0 Å². The Balaban J connectivity index is 1.93. The zero-order valence-corrected chi connectivity index (χ0v) is 11.4. The monoisotopic (exact) mass is 283 g/mol. The molecule has 102 valence electrons. The number of hydrogen-bond acceptors (Lipinski definition) is 5. The van der Waals surface area contributed by atoms with Gasteiger partial charge in [0.05, 0.1) is 33.1 Å². The van der Waals surface area contributed by atoms with Crippen LogP contribution in [-0.4, -0.2) is 24.9 Å². The van der Waals surface area contributed by atoms with Crippen molar-refractivity contribution in [2.24, 2.45) is 0 Å². The van der Waals surface area contributed by atoms with Crippen LogP contribution >= 0.6 is 0 Å². The van der Waals surface area contributed by atoms with Gasteiger partial charge in [-0.1, -0.05) is 0 Å². The van der Waals surface area contributed by atoms with Crippen molar-refractivity contribution in [1.29, 1.82) is 0 Å². The standard InChI is InChI=1S/C17H9N5/c1-3-20-16-8-12-10(6-14(16)18-1)5-11-7-15-17(9-13(11)22-12)21-4-2-19-15/h1-9H. The molecule has 0 bridgehead atoms. The molecule has 3 heterocycles. The molecule has 0 saturated heterocycles. The predicted octanol–water partition coefficient (Wildman–Crippen LogP) is 3.27. The molecule has 2 aromatic carbocycles. The normalized spacial score (nSPS) is 11.6. The van der Waals surface area contributed by atoms with Gasteiger partial charge >= 0.3 is 0 Å². The summed E-state index contributed by atoms with van der Waals surface area (Å²) >= 11 is 0. The minimum atomic E-state index is 0.849. The summed E-state index contributed by atoms with van der Waals surface area (Å²) in [6, 6.07) is 10.1. The molecule has 0 aliphatic rings. The molecular formula is C17H9N5. The van der Waals surface area contributed by atoms with Gasteiger partial charge in [-0.3, -0.25) is 19.9 Å². The smallest absolute Gasteiger partial charge is 0.0908 e. The molecule has 5 aromatic rings. The van der Waals surface area contributed by atoms with E-state index >= 15 is 0 Å². The molecule has 0 unspecified atom stereocenters. The minimum Gasteiger partial charge on any atom is -0.253 e. The van der Waals surface area contributed by atoms with E-state index in [0.29, 0.717) is 0 Å². The second-order valence-electron chi connectivity index (χ2n) is 5.17. The van der Waals surface area contributed by atoms with E-state index in [1.54, 1.807) is 24.8 Å². The molecule has 0 spiro atoms. The topological polar surface area (TPSA) is 64.5 Å². The summed E-state index contributed by atoms with van der Waals surface area (Å²) < 4.78 is 0. The van der Waals surface area contributed by atoms with E-state index in [1.165, 1.54) is 0 Å². The summed E-state index contributed by atoms with van der Waals surface area (Å²) in [5.74, 6) is 0. The number of aromatic nitrogens is 5. The summed E-state index contributed by atoms with van der Waals surface area (Å²) in [4.78, 5) is 22.1. The summed E-state index contributed by atoms with van der Waals surface area (Å²) in [5.41, 5.74) is 5.26. The molecule has 5 rings (SSSR count). The van der Waals surface area contributed by atoms with Crippen molar-refractivity contribution in [1.82, 2.24) is 24.9 Å². The number of benzene rings is 2. The van der Waals surface area contributed by atoms with Gasteiger partial charge in [0.1, 0.15) is 0 Å². The van der Waals surface area contributed by atoms with Gasteiger partial charge in [0, 0.05) is 35.6 Å². The minimum absolute atomic E-state index is 0.849. The molecule has 0 atom stereocenters. The third-order valence-electron chi connectivity index (χ3n) is 3.79. The molecule has 0 saturated carbocycles. The Morgan fingerprint density at radius 2 is 0.818 bits per heavy atom. The molecule has 5 heteroatoms. The summed E-state index contributed by atoms with van der Waals surface area (Å²) in [7, 11) is 0. The number of hydrogen-bond donors (Lipinski definition) is 0. The van der Waals surface area contributed by atoms with Gasteiger partial charge in [-0.05, 0) is 30.3 Å². The highest BCUT2D eigenvalue weighted by molar-refractivity contribution is 6.01. The van der Waals surface area contributed by atoms with Crippen molar-refractivity contribution in [2.75, 3.05) is 0 Å². The van der Waals surface area contributed by atoms with Crippen LogP contribution < -0.4 is 0 Å². The Kier molecular flexibility index (Phi) is 2.16. The van der Waals surface area contributed by atoms with Crippen molar-refractivity contribution in [3.8, 4) is 0 Å².